The van der Waals surface area contributed by atoms with Gasteiger partial charge in [-0.1, -0.05) is 24.6 Å². The molecule has 0 aliphatic heterocycles. The third-order valence-corrected chi connectivity index (χ3v) is 5.87. The number of hydrogen-bond acceptors (Lipinski definition) is 2. The molecule has 4 rings (SSSR count). The number of aryl methyl sites for hydroxylation is 1. The fraction of sp³-hybridized carbons (Fsp3) is 0.391. The molecule has 3 aromatic rings. The van der Waals surface area contributed by atoms with Crippen molar-refractivity contribution < 1.29 is 9.29 Å². The van der Waals surface area contributed by atoms with Crippen molar-refractivity contribution in [2.45, 2.75) is 58.2 Å². The summed E-state index contributed by atoms with van der Waals surface area (Å²) in [5.41, 5.74) is 3.52. The molecule has 0 amide bonds. The smallest absolute Gasteiger partial charge is 0.258 e. The molecular formula is C23H27FN3O+. The number of aromatic nitrogens is 2. The number of halogens is 1. The van der Waals surface area contributed by atoms with E-state index in [-0.39, 0.29) is 11.4 Å². The topological polar surface area (TPSA) is 38.8 Å². The van der Waals surface area contributed by atoms with Gasteiger partial charge in [0.05, 0.1) is 6.04 Å². The van der Waals surface area contributed by atoms with Gasteiger partial charge < -0.3 is 4.90 Å². The summed E-state index contributed by atoms with van der Waals surface area (Å²) in [7, 11) is 0. The third-order valence-electron chi connectivity index (χ3n) is 5.87. The van der Waals surface area contributed by atoms with E-state index >= 15 is 0 Å². The lowest BCUT2D eigenvalue weighted by atomic mass is 9.93. The van der Waals surface area contributed by atoms with Gasteiger partial charge in [-0.25, -0.2) is 9.37 Å². The number of fused-ring (bicyclic) bond motifs is 1. The molecule has 0 radical (unpaired) electrons. The molecule has 2 heterocycles. The van der Waals surface area contributed by atoms with Gasteiger partial charge in [-0.05, 0) is 56.9 Å². The molecule has 1 aromatic carbocycles. The zero-order chi connectivity index (χ0) is 19.5. The van der Waals surface area contributed by atoms with Crippen LogP contribution in [0.3, 0.4) is 0 Å². The Morgan fingerprint density at radius 2 is 1.82 bits per heavy atom. The van der Waals surface area contributed by atoms with E-state index in [0.717, 1.165) is 23.5 Å². The van der Waals surface area contributed by atoms with Crippen molar-refractivity contribution in [1.29, 1.82) is 0 Å². The number of nitrogens with one attached hydrogen (secondary N) is 1. The first-order valence-corrected chi connectivity index (χ1v) is 10.2. The average Bonchev–Trinajstić information content (AvgIpc) is 2.69. The van der Waals surface area contributed by atoms with Gasteiger partial charge in [0.2, 0.25) is 0 Å². The number of pyridine rings is 1. The molecule has 1 aliphatic carbocycles. The molecule has 2 aromatic heterocycles. The van der Waals surface area contributed by atoms with Crippen LogP contribution in [0.2, 0.25) is 0 Å². The second kappa shape index (κ2) is 8.23. The van der Waals surface area contributed by atoms with Gasteiger partial charge in [0.25, 0.3) is 5.56 Å². The molecule has 5 heteroatoms. The highest BCUT2D eigenvalue weighted by atomic mass is 19.1. The lowest BCUT2D eigenvalue weighted by molar-refractivity contribution is -0.953. The lowest BCUT2D eigenvalue weighted by Gasteiger charge is -2.31. The molecule has 1 N–H and O–H groups in total. The first-order valence-electron chi connectivity index (χ1n) is 10.2. The number of hydrogen-bond donors (Lipinski definition) is 1. The maximum atomic E-state index is 13.3. The molecule has 1 atom stereocenters. The Morgan fingerprint density at radius 1 is 1.07 bits per heavy atom. The predicted octanol–water partition coefficient (Wildman–Crippen LogP) is 3.06. The zero-order valence-corrected chi connectivity index (χ0v) is 16.3. The summed E-state index contributed by atoms with van der Waals surface area (Å²) in [6, 6.07) is 14.8. The van der Waals surface area contributed by atoms with E-state index in [4.69, 9.17) is 4.98 Å². The van der Waals surface area contributed by atoms with Crippen LogP contribution in [0.25, 0.3) is 5.65 Å². The molecule has 1 saturated carbocycles. The molecule has 1 aliphatic rings. The maximum absolute atomic E-state index is 13.3. The van der Waals surface area contributed by atoms with E-state index in [9.17, 15) is 9.18 Å². The fourth-order valence-electron chi connectivity index (χ4n) is 4.41. The minimum Gasteiger partial charge on any atom is -0.324 e. The Hall–Kier alpha value is -2.53. The number of rotatable bonds is 5. The van der Waals surface area contributed by atoms with Gasteiger partial charge >= 0.3 is 0 Å². The van der Waals surface area contributed by atoms with E-state index in [1.54, 1.807) is 10.5 Å². The van der Waals surface area contributed by atoms with Crippen molar-refractivity contribution in [2.24, 2.45) is 0 Å². The minimum absolute atomic E-state index is 0.0251. The monoisotopic (exact) mass is 380 g/mol. The van der Waals surface area contributed by atoms with Crippen molar-refractivity contribution in [2.75, 3.05) is 0 Å². The highest BCUT2D eigenvalue weighted by molar-refractivity contribution is 5.40. The standard InChI is InChI=1S/C23H26FN3O/c1-17-6-5-9-22-25-20(14-23(28)27(17)22)16-26(21-7-3-2-4-8-21)15-18-10-12-19(24)13-11-18/h5-6,9-14,21H,2-4,7-8,15-16H2,1H3/p+1. The third kappa shape index (κ3) is 4.14. The van der Waals surface area contributed by atoms with Crippen LogP contribution in [-0.4, -0.2) is 15.4 Å². The average molecular weight is 380 g/mol. The van der Waals surface area contributed by atoms with Gasteiger partial charge in [0.1, 0.15) is 30.2 Å². The van der Waals surface area contributed by atoms with Crippen molar-refractivity contribution in [1.82, 2.24) is 9.38 Å². The van der Waals surface area contributed by atoms with Crippen LogP contribution >= 0.6 is 0 Å². The lowest BCUT2D eigenvalue weighted by Crippen LogP contribution is -3.13. The highest BCUT2D eigenvalue weighted by Crippen LogP contribution is 2.16. The van der Waals surface area contributed by atoms with Crippen LogP contribution in [-0.2, 0) is 13.1 Å². The fourth-order valence-corrected chi connectivity index (χ4v) is 4.41. The normalized spacial score (nSPS) is 16.4. The van der Waals surface area contributed by atoms with Crippen LogP contribution < -0.4 is 10.5 Å². The number of nitrogens with zero attached hydrogens (tertiary/aromatic N) is 2. The molecule has 1 fully saturated rings. The highest BCUT2D eigenvalue weighted by Gasteiger charge is 2.26. The first kappa shape index (κ1) is 18.8. The van der Waals surface area contributed by atoms with Crippen LogP contribution in [0.5, 0.6) is 0 Å². The van der Waals surface area contributed by atoms with Crippen molar-refractivity contribution >= 4 is 5.65 Å². The van der Waals surface area contributed by atoms with E-state index in [0.29, 0.717) is 18.2 Å². The Labute approximate surface area is 164 Å². The predicted molar refractivity (Wildman–Crippen MR) is 108 cm³/mol. The van der Waals surface area contributed by atoms with Crippen LogP contribution in [0.4, 0.5) is 4.39 Å². The van der Waals surface area contributed by atoms with Crippen molar-refractivity contribution in [3.8, 4) is 0 Å². The summed E-state index contributed by atoms with van der Waals surface area (Å²) in [5, 5.41) is 0. The number of quaternary nitrogens is 1. The van der Waals surface area contributed by atoms with E-state index in [1.807, 2.05) is 37.3 Å². The molecular weight excluding hydrogens is 353 g/mol. The van der Waals surface area contributed by atoms with Gasteiger partial charge in [-0.2, -0.15) is 0 Å². The second-order valence-electron chi connectivity index (χ2n) is 7.92. The summed E-state index contributed by atoms with van der Waals surface area (Å²) in [6.45, 7) is 3.45. The van der Waals surface area contributed by atoms with Crippen molar-refractivity contribution in [3.63, 3.8) is 0 Å². The SMILES string of the molecule is Cc1cccc2nc(C[NH+](Cc3ccc(F)cc3)C3CCCCC3)cc(=O)n12. The Balaban J connectivity index is 1.63. The Bertz CT molecular complexity index is 1010. The van der Waals surface area contributed by atoms with E-state index in [1.165, 1.54) is 49.1 Å². The maximum Gasteiger partial charge on any atom is 0.258 e. The molecule has 0 bridgehead atoms. The molecule has 0 spiro atoms. The molecule has 146 valence electrons. The van der Waals surface area contributed by atoms with E-state index in [2.05, 4.69) is 0 Å². The van der Waals surface area contributed by atoms with Gasteiger partial charge in [-0.15, -0.1) is 0 Å². The summed E-state index contributed by atoms with van der Waals surface area (Å²) >= 11 is 0. The van der Waals surface area contributed by atoms with Crippen LogP contribution in [0.1, 0.15) is 49.1 Å². The minimum atomic E-state index is -0.206. The summed E-state index contributed by atoms with van der Waals surface area (Å²) < 4.78 is 15.0. The second-order valence-corrected chi connectivity index (χ2v) is 7.92. The van der Waals surface area contributed by atoms with Crippen molar-refractivity contribution in [3.05, 3.63) is 81.7 Å². The number of benzene rings is 1. The molecule has 4 nitrogen and oxygen atoms in total. The van der Waals surface area contributed by atoms with E-state index < -0.39 is 0 Å². The quantitative estimate of drug-likeness (QED) is 0.739. The van der Waals surface area contributed by atoms with Crippen LogP contribution in [0, 0.1) is 12.7 Å². The zero-order valence-electron chi connectivity index (χ0n) is 16.3. The summed E-state index contributed by atoms with van der Waals surface area (Å²) in [6.07, 6.45) is 6.20. The van der Waals surface area contributed by atoms with Gasteiger partial charge in [0, 0.05) is 17.3 Å². The van der Waals surface area contributed by atoms with Gasteiger partial charge in [-0.3, -0.25) is 9.20 Å². The van der Waals surface area contributed by atoms with Gasteiger partial charge in [0.15, 0.2) is 0 Å². The summed E-state index contributed by atoms with van der Waals surface area (Å²) in [4.78, 5) is 18.8. The first-order chi connectivity index (χ1) is 13.6. The Morgan fingerprint density at radius 3 is 2.57 bits per heavy atom. The molecule has 1 unspecified atom stereocenters. The summed E-state index contributed by atoms with van der Waals surface area (Å²) in [5.74, 6) is -0.206. The van der Waals surface area contributed by atoms with Crippen LogP contribution in [0.15, 0.2) is 53.3 Å². The largest absolute Gasteiger partial charge is 0.324 e. The Kier molecular flexibility index (Phi) is 5.53. The molecule has 28 heavy (non-hydrogen) atoms. The molecule has 0 saturated heterocycles.